The van der Waals surface area contributed by atoms with Crippen molar-refractivity contribution in [1.82, 2.24) is 9.97 Å². The Labute approximate surface area is 122 Å². The van der Waals surface area contributed by atoms with Crippen LogP contribution in [0.2, 0.25) is 5.02 Å². The molecule has 1 aromatic heterocycles. The lowest BCUT2D eigenvalue weighted by Crippen LogP contribution is -2.03. The van der Waals surface area contributed by atoms with E-state index in [0.29, 0.717) is 11.6 Å². The van der Waals surface area contributed by atoms with E-state index in [0.717, 1.165) is 28.2 Å². The number of hydrogen-bond donors (Lipinski definition) is 0. The quantitative estimate of drug-likeness (QED) is 0.724. The van der Waals surface area contributed by atoms with Gasteiger partial charge in [0.15, 0.2) is 0 Å². The molecular weight excluding hydrogens is 272 g/mol. The normalized spacial score (nSPS) is 10.7. The standard InChI is InChI=1S/C16H13ClN2O/c1-11-16(10-20-13-6-4-5-12(17)9-13)19-15-8-3-2-7-14(15)18-11/h2-9H,10H2,1H3. The number of nitrogens with zero attached hydrogens (tertiary/aromatic N) is 2. The van der Waals surface area contributed by atoms with Gasteiger partial charge in [0.05, 0.1) is 22.4 Å². The number of aromatic nitrogens is 2. The Morgan fingerprint density at radius 3 is 2.50 bits per heavy atom. The largest absolute Gasteiger partial charge is 0.487 e. The Morgan fingerprint density at radius 1 is 1.00 bits per heavy atom. The molecule has 0 aliphatic heterocycles. The minimum Gasteiger partial charge on any atom is -0.487 e. The summed E-state index contributed by atoms with van der Waals surface area (Å²) in [7, 11) is 0. The highest BCUT2D eigenvalue weighted by atomic mass is 35.5. The maximum absolute atomic E-state index is 5.93. The summed E-state index contributed by atoms with van der Waals surface area (Å²) in [5.74, 6) is 0.729. The van der Waals surface area contributed by atoms with Crippen LogP contribution in [0.4, 0.5) is 0 Å². The molecule has 20 heavy (non-hydrogen) atoms. The second-order valence-corrected chi connectivity index (χ2v) is 4.93. The zero-order chi connectivity index (χ0) is 13.9. The molecule has 1 heterocycles. The van der Waals surface area contributed by atoms with Crippen LogP contribution in [0.5, 0.6) is 5.75 Å². The number of fused-ring (bicyclic) bond motifs is 1. The van der Waals surface area contributed by atoms with Crippen molar-refractivity contribution >= 4 is 22.6 Å². The van der Waals surface area contributed by atoms with Crippen molar-refractivity contribution in [2.24, 2.45) is 0 Å². The Hall–Kier alpha value is -2.13. The Morgan fingerprint density at radius 2 is 1.75 bits per heavy atom. The van der Waals surface area contributed by atoms with E-state index in [1.807, 2.05) is 49.4 Å². The maximum atomic E-state index is 5.93. The van der Waals surface area contributed by atoms with E-state index in [2.05, 4.69) is 9.97 Å². The summed E-state index contributed by atoms with van der Waals surface area (Å²) in [6.45, 7) is 2.32. The molecule has 0 atom stereocenters. The highest BCUT2D eigenvalue weighted by molar-refractivity contribution is 6.30. The number of ether oxygens (including phenoxy) is 1. The molecule has 0 fully saturated rings. The molecule has 0 spiro atoms. The van der Waals surface area contributed by atoms with Crippen LogP contribution in [-0.2, 0) is 6.61 Å². The van der Waals surface area contributed by atoms with Crippen LogP contribution in [0.25, 0.3) is 11.0 Å². The Balaban J connectivity index is 1.85. The van der Waals surface area contributed by atoms with Crippen molar-refractivity contribution in [2.45, 2.75) is 13.5 Å². The summed E-state index contributed by atoms with van der Waals surface area (Å²) in [6, 6.07) is 15.1. The SMILES string of the molecule is Cc1nc2ccccc2nc1COc1cccc(Cl)c1. The van der Waals surface area contributed by atoms with Gasteiger partial charge >= 0.3 is 0 Å². The maximum Gasteiger partial charge on any atom is 0.132 e. The van der Waals surface area contributed by atoms with E-state index in [9.17, 15) is 0 Å². The molecule has 0 unspecified atom stereocenters. The zero-order valence-corrected chi connectivity index (χ0v) is 11.8. The van der Waals surface area contributed by atoms with Gasteiger partial charge in [0, 0.05) is 5.02 Å². The lowest BCUT2D eigenvalue weighted by atomic mass is 10.2. The number of hydrogen-bond acceptors (Lipinski definition) is 3. The van der Waals surface area contributed by atoms with Crippen LogP contribution in [0, 0.1) is 6.92 Å². The minimum absolute atomic E-state index is 0.379. The predicted octanol–water partition coefficient (Wildman–Crippen LogP) is 4.17. The fraction of sp³-hybridized carbons (Fsp3) is 0.125. The summed E-state index contributed by atoms with van der Waals surface area (Å²) < 4.78 is 5.72. The van der Waals surface area contributed by atoms with Crippen molar-refractivity contribution in [3.8, 4) is 5.75 Å². The number of aryl methyl sites for hydroxylation is 1. The van der Waals surface area contributed by atoms with Gasteiger partial charge in [-0.1, -0.05) is 29.8 Å². The molecule has 2 aromatic carbocycles. The highest BCUT2D eigenvalue weighted by Crippen LogP contribution is 2.19. The fourth-order valence-electron chi connectivity index (χ4n) is 1.97. The van der Waals surface area contributed by atoms with Crippen LogP contribution < -0.4 is 4.74 Å². The summed E-state index contributed by atoms with van der Waals surface area (Å²) in [5, 5.41) is 0.656. The molecule has 0 bridgehead atoms. The molecule has 100 valence electrons. The average Bonchev–Trinajstić information content (AvgIpc) is 2.45. The average molecular weight is 285 g/mol. The van der Waals surface area contributed by atoms with E-state index in [1.165, 1.54) is 0 Å². The second kappa shape index (κ2) is 5.47. The van der Waals surface area contributed by atoms with Crippen LogP contribution in [0.1, 0.15) is 11.4 Å². The van der Waals surface area contributed by atoms with Crippen LogP contribution in [-0.4, -0.2) is 9.97 Å². The van der Waals surface area contributed by atoms with E-state index in [4.69, 9.17) is 16.3 Å². The third-order valence-electron chi connectivity index (χ3n) is 3.01. The number of para-hydroxylation sites is 2. The lowest BCUT2D eigenvalue weighted by Gasteiger charge is -2.09. The lowest BCUT2D eigenvalue weighted by molar-refractivity contribution is 0.300. The summed E-state index contributed by atoms with van der Waals surface area (Å²) in [5.41, 5.74) is 3.49. The van der Waals surface area contributed by atoms with Crippen LogP contribution in [0.15, 0.2) is 48.5 Å². The molecule has 3 nitrogen and oxygen atoms in total. The molecule has 3 aromatic rings. The molecular formula is C16H13ClN2O. The molecule has 0 saturated heterocycles. The Bertz CT molecular complexity index is 758. The van der Waals surface area contributed by atoms with Gasteiger partial charge in [0.2, 0.25) is 0 Å². The topological polar surface area (TPSA) is 35.0 Å². The molecule has 0 amide bonds. The first-order chi connectivity index (χ1) is 9.72. The number of halogens is 1. The zero-order valence-electron chi connectivity index (χ0n) is 11.0. The summed E-state index contributed by atoms with van der Waals surface area (Å²) in [6.07, 6.45) is 0. The molecule has 0 radical (unpaired) electrons. The van der Waals surface area contributed by atoms with E-state index in [-0.39, 0.29) is 0 Å². The monoisotopic (exact) mass is 284 g/mol. The van der Waals surface area contributed by atoms with Crippen LogP contribution >= 0.6 is 11.6 Å². The Kier molecular flexibility index (Phi) is 3.52. The van der Waals surface area contributed by atoms with E-state index >= 15 is 0 Å². The number of benzene rings is 2. The van der Waals surface area contributed by atoms with Crippen molar-refractivity contribution in [3.05, 3.63) is 64.9 Å². The van der Waals surface area contributed by atoms with Gasteiger partial charge in [-0.05, 0) is 37.3 Å². The van der Waals surface area contributed by atoms with Gasteiger partial charge in [-0.15, -0.1) is 0 Å². The molecule has 0 N–H and O–H groups in total. The van der Waals surface area contributed by atoms with Gasteiger partial charge in [0.25, 0.3) is 0 Å². The third kappa shape index (κ3) is 2.73. The molecule has 0 aliphatic rings. The fourth-order valence-corrected chi connectivity index (χ4v) is 2.15. The van der Waals surface area contributed by atoms with Crippen molar-refractivity contribution in [1.29, 1.82) is 0 Å². The molecule has 3 rings (SSSR count). The van der Waals surface area contributed by atoms with Gasteiger partial charge in [-0.25, -0.2) is 9.97 Å². The molecule has 0 aliphatic carbocycles. The summed E-state index contributed by atoms with van der Waals surface area (Å²) >= 11 is 5.93. The van der Waals surface area contributed by atoms with Gasteiger partial charge < -0.3 is 4.74 Å². The van der Waals surface area contributed by atoms with E-state index < -0.39 is 0 Å². The highest BCUT2D eigenvalue weighted by Gasteiger charge is 2.06. The minimum atomic E-state index is 0.379. The first-order valence-electron chi connectivity index (χ1n) is 6.33. The predicted molar refractivity (Wildman–Crippen MR) is 80.1 cm³/mol. The molecule has 0 saturated carbocycles. The van der Waals surface area contributed by atoms with Crippen molar-refractivity contribution in [3.63, 3.8) is 0 Å². The van der Waals surface area contributed by atoms with E-state index in [1.54, 1.807) is 6.07 Å². The van der Waals surface area contributed by atoms with Crippen molar-refractivity contribution in [2.75, 3.05) is 0 Å². The summed E-state index contributed by atoms with van der Waals surface area (Å²) in [4.78, 5) is 9.13. The van der Waals surface area contributed by atoms with Crippen LogP contribution in [0.3, 0.4) is 0 Å². The second-order valence-electron chi connectivity index (χ2n) is 4.49. The first-order valence-corrected chi connectivity index (χ1v) is 6.71. The van der Waals surface area contributed by atoms with Gasteiger partial charge in [0.1, 0.15) is 12.4 Å². The third-order valence-corrected chi connectivity index (χ3v) is 3.25. The molecule has 4 heteroatoms. The smallest absolute Gasteiger partial charge is 0.132 e. The first kappa shape index (κ1) is 12.9. The van der Waals surface area contributed by atoms with Gasteiger partial charge in [-0.2, -0.15) is 0 Å². The van der Waals surface area contributed by atoms with Gasteiger partial charge in [-0.3, -0.25) is 0 Å². The van der Waals surface area contributed by atoms with Crippen molar-refractivity contribution < 1.29 is 4.74 Å². The number of rotatable bonds is 3.